The summed E-state index contributed by atoms with van der Waals surface area (Å²) < 4.78 is 31.0. The highest BCUT2D eigenvalue weighted by atomic mass is 32.2. The van der Waals surface area contributed by atoms with Crippen molar-refractivity contribution in [2.75, 3.05) is 26.0 Å². The quantitative estimate of drug-likeness (QED) is 0.522. The van der Waals surface area contributed by atoms with E-state index in [4.69, 9.17) is 4.74 Å². The van der Waals surface area contributed by atoms with Gasteiger partial charge in [-0.2, -0.15) is 0 Å². The van der Waals surface area contributed by atoms with E-state index < -0.39 is 21.4 Å². The van der Waals surface area contributed by atoms with Crippen LogP contribution < -0.4 is 4.72 Å². The van der Waals surface area contributed by atoms with Gasteiger partial charge in [0.2, 0.25) is 10.0 Å². The number of aliphatic carboxylic acids is 1. The summed E-state index contributed by atoms with van der Waals surface area (Å²) in [5.74, 6) is -0.921. The molecule has 1 saturated carbocycles. The minimum atomic E-state index is -3.43. The zero-order chi connectivity index (χ0) is 15.1. The van der Waals surface area contributed by atoms with Crippen molar-refractivity contribution in [3.05, 3.63) is 0 Å². The highest BCUT2D eigenvalue weighted by Gasteiger charge is 2.39. The van der Waals surface area contributed by atoms with Gasteiger partial charge in [-0.15, -0.1) is 0 Å². The molecule has 20 heavy (non-hydrogen) atoms. The topological polar surface area (TPSA) is 92.7 Å². The number of hydrogen-bond acceptors (Lipinski definition) is 4. The van der Waals surface area contributed by atoms with Crippen LogP contribution in [0.25, 0.3) is 0 Å². The van der Waals surface area contributed by atoms with Gasteiger partial charge in [-0.05, 0) is 19.3 Å². The molecule has 0 radical (unpaired) electrons. The van der Waals surface area contributed by atoms with Gasteiger partial charge in [-0.25, -0.2) is 13.1 Å². The van der Waals surface area contributed by atoms with Gasteiger partial charge in [0.1, 0.15) is 0 Å². The van der Waals surface area contributed by atoms with Crippen LogP contribution in [0.2, 0.25) is 0 Å². The van der Waals surface area contributed by atoms with Gasteiger partial charge in [-0.1, -0.05) is 25.7 Å². The zero-order valence-corrected chi connectivity index (χ0v) is 12.9. The molecule has 0 atom stereocenters. The fourth-order valence-electron chi connectivity index (χ4n) is 2.59. The summed E-state index contributed by atoms with van der Waals surface area (Å²) in [6.45, 7) is 0.378. The molecule has 1 fully saturated rings. The van der Waals surface area contributed by atoms with E-state index in [2.05, 4.69) is 4.72 Å². The van der Waals surface area contributed by atoms with Gasteiger partial charge in [-0.3, -0.25) is 4.79 Å². The van der Waals surface area contributed by atoms with Crippen molar-refractivity contribution in [2.24, 2.45) is 5.41 Å². The first-order valence-corrected chi connectivity index (χ1v) is 8.77. The lowest BCUT2D eigenvalue weighted by atomic mass is 9.80. The number of nitrogens with one attached hydrogen (secondary N) is 1. The Balaban J connectivity index is 2.60. The smallest absolute Gasteiger partial charge is 0.310 e. The molecule has 1 aliphatic rings. The number of hydrogen-bond donors (Lipinski definition) is 2. The Hall–Kier alpha value is -0.660. The molecule has 0 aromatic carbocycles. The molecule has 0 aromatic heterocycles. The molecule has 0 amide bonds. The summed E-state index contributed by atoms with van der Waals surface area (Å²) in [5.41, 5.74) is -0.940. The van der Waals surface area contributed by atoms with E-state index in [-0.39, 0.29) is 12.3 Å². The van der Waals surface area contributed by atoms with Crippen LogP contribution in [0.1, 0.15) is 44.9 Å². The molecule has 1 rings (SSSR count). The van der Waals surface area contributed by atoms with Crippen LogP contribution in [0.4, 0.5) is 0 Å². The van der Waals surface area contributed by atoms with Crippen LogP contribution >= 0.6 is 0 Å². The first-order valence-electron chi connectivity index (χ1n) is 7.12. The fourth-order valence-corrected chi connectivity index (χ4v) is 3.72. The van der Waals surface area contributed by atoms with E-state index in [0.29, 0.717) is 25.9 Å². The van der Waals surface area contributed by atoms with E-state index in [1.54, 1.807) is 0 Å². The molecule has 7 heteroatoms. The van der Waals surface area contributed by atoms with E-state index in [1.165, 1.54) is 7.11 Å². The van der Waals surface area contributed by atoms with E-state index >= 15 is 0 Å². The maximum absolute atomic E-state index is 11.8. The van der Waals surface area contributed by atoms with Gasteiger partial charge < -0.3 is 9.84 Å². The molecule has 0 aromatic rings. The Kier molecular flexibility index (Phi) is 6.91. The maximum atomic E-state index is 11.8. The first kappa shape index (κ1) is 17.4. The Morgan fingerprint density at radius 2 is 1.85 bits per heavy atom. The molecule has 2 N–H and O–H groups in total. The van der Waals surface area contributed by atoms with Crippen molar-refractivity contribution < 1.29 is 23.1 Å². The monoisotopic (exact) mass is 307 g/mol. The average molecular weight is 307 g/mol. The van der Waals surface area contributed by atoms with Crippen molar-refractivity contribution in [1.82, 2.24) is 4.72 Å². The van der Waals surface area contributed by atoms with Crippen LogP contribution in [0.3, 0.4) is 0 Å². The summed E-state index contributed by atoms with van der Waals surface area (Å²) in [6.07, 6.45) is 5.23. The molecule has 6 nitrogen and oxygen atoms in total. The van der Waals surface area contributed by atoms with Gasteiger partial charge in [0.15, 0.2) is 0 Å². The average Bonchev–Trinajstić information content (AvgIpc) is 2.63. The normalized spacial score (nSPS) is 19.4. The fraction of sp³-hybridized carbons (Fsp3) is 0.923. The van der Waals surface area contributed by atoms with Crippen molar-refractivity contribution in [2.45, 2.75) is 44.9 Å². The molecule has 0 bridgehead atoms. The molecule has 0 spiro atoms. The molecular formula is C13H25NO5S. The molecule has 0 saturated heterocycles. The third-order valence-corrected chi connectivity index (χ3v) is 5.32. The van der Waals surface area contributed by atoms with Crippen LogP contribution in [-0.2, 0) is 19.6 Å². The van der Waals surface area contributed by atoms with Crippen LogP contribution in [-0.4, -0.2) is 45.5 Å². The number of carboxylic acid groups (broad SMARTS) is 1. The molecule has 118 valence electrons. The molecule has 0 aliphatic heterocycles. The number of ether oxygens (including phenoxy) is 1. The van der Waals surface area contributed by atoms with Crippen LogP contribution in [0.15, 0.2) is 0 Å². The highest BCUT2D eigenvalue weighted by molar-refractivity contribution is 7.89. The number of methoxy groups -OCH3 is 1. The Morgan fingerprint density at radius 1 is 1.25 bits per heavy atom. The SMILES string of the molecule is COCCCS(=O)(=O)NCC1(C(=O)O)CCCCCC1. The standard InChI is InChI=1S/C13H25NO5S/c1-19-9-6-10-20(17,18)14-11-13(12(15)16)7-4-2-3-5-8-13/h14H,2-11H2,1H3,(H,15,16). The largest absolute Gasteiger partial charge is 0.481 e. The summed E-state index contributed by atoms with van der Waals surface area (Å²) in [7, 11) is -1.91. The lowest BCUT2D eigenvalue weighted by Gasteiger charge is -2.28. The molecule has 1 aliphatic carbocycles. The minimum absolute atomic E-state index is 0.00233. The van der Waals surface area contributed by atoms with Crippen molar-refractivity contribution in [1.29, 1.82) is 0 Å². The summed E-state index contributed by atoms with van der Waals surface area (Å²) in [4.78, 5) is 11.6. The lowest BCUT2D eigenvalue weighted by Crippen LogP contribution is -2.43. The van der Waals surface area contributed by atoms with Crippen molar-refractivity contribution in [3.63, 3.8) is 0 Å². The molecule has 0 heterocycles. The lowest BCUT2D eigenvalue weighted by molar-refractivity contribution is -0.149. The second-order valence-electron chi connectivity index (χ2n) is 5.49. The summed E-state index contributed by atoms with van der Waals surface area (Å²) in [6, 6.07) is 0. The molecule has 0 unspecified atom stereocenters. The van der Waals surface area contributed by atoms with Gasteiger partial charge >= 0.3 is 5.97 Å². The Morgan fingerprint density at radius 3 is 2.35 bits per heavy atom. The number of sulfonamides is 1. The van der Waals surface area contributed by atoms with E-state index in [9.17, 15) is 18.3 Å². The van der Waals surface area contributed by atoms with Gasteiger partial charge in [0.25, 0.3) is 0 Å². The van der Waals surface area contributed by atoms with Crippen LogP contribution in [0, 0.1) is 5.41 Å². The van der Waals surface area contributed by atoms with Crippen molar-refractivity contribution in [3.8, 4) is 0 Å². The second kappa shape index (κ2) is 7.95. The van der Waals surface area contributed by atoms with Gasteiger partial charge in [0.05, 0.1) is 11.2 Å². The number of rotatable bonds is 8. The molecular weight excluding hydrogens is 282 g/mol. The zero-order valence-electron chi connectivity index (χ0n) is 12.1. The highest BCUT2D eigenvalue weighted by Crippen LogP contribution is 2.35. The third kappa shape index (κ3) is 5.38. The predicted octanol–water partition coefficient (Wildman–Crippen LogP) is 1.37. The first-order chi connectivity index (χ1) is 9.42. The number of carboxylic acids is 1. The van der Waals surface area contributed by atoms with E-state index in [0.717, 1.165) is 25.7 Å². The second-order valence-corrected chi connectivity index (χ2v) is 7.41. The summed E-state index contributed by atoms with van der Waals surface area (Å²) in [5, 5.41) is 9.47. The van der Waals surface area contributed by atoms with Crippen molar-refractivity contribution >= 4 is 16.0 Å². The Bertz CT molecular complexity index is 399. The minimum Gasteiger partial charge on any atom is -0.481 e. The Labute approximate surface area is 120 Å². The van der Waals surface area contributed by atoms with Gasteiger partial charge in [0, 0.05) is 20.3 Å². The third-order valence-electron chi connectivity index (χ3n) is 3.91. The number of carbonyl (C=O) groups is 1. The van der Waals surface area contributed by atoms with E-state index in [1.807, 2.05) is 0 Å². The van der Waals surface area contributed by atoms with Crippen LogP contribution in [0.5, 0.6) is 0 Å². The summed E-state index contributed by atoms with van der Waals surface area (Å²) >= 11 is 0. The maximum Gasteiger partial charge on any atom is 0.310 e. The predicted molar refractivity (Wildman–Crippen MR) is 76.1 cm³/mol.